The van der Waals surface area contributed by atoms with Crippen LogP contribution in [0.3, 0.4) is 0 Å². The lowest BCUT2D eigenvalue weighted by Crippen LogP contribution is -2.48. The molecule has 2 amide bonds. The Labute approximate surface area is 147 Å². The Hall–Kier alpha value is -2.32. The molecule has 1 saturated carbocycles. The fraction of sp³-hybridized carbons (Fsp3) is 0.750. The summed E-state index contributed by atoms with van der Waals surface area (Å²) in [6.45, 7) is 4.94. The number of carbonyl (C=O) groups excluding carboxylic acids is 2. The van der Waals surface area contributed by atoms with Crippen molar-refractivity contribution in [2.24, 2.45) is 23.5 Å². The zero-order valence-corrected chi connectivity index (χ0v) is 14.8. The fourth-order valence-electron chi connectivity index (χ4n) is 2.55. The molecule has 7 N–H and O–H groups in total. The predicted molar refractivity (Wildman–Crippen MR) is 92.8 cm³/mol. The Morgan fingerprint density at radius 2 is 1.76 bits per heavy atom. The number of carboxylic acids is 1. The van der Waals surface area contributed by atoms with Crippen LogP contribution in [0.5, 0.6) is 0 Å². The average molecular weight is 355 g/mol. The zero-order valence-electron chi connectivity index (χ0n) is 14.8. The van der Waals surface area contributed by atoms with E-state index in [1.165, 1.54) is 0 Å². The molecule has 1 aliphatic rings. The van der Waals surface area contributed by atoms with Gasteiger partial charge in [-0.05, 0) is 31.6 Å². The maximum Gasteiger partial charge on any atom is 0.307 e. The second kappa shape index (κ2) is 9.85. The van der Waals surface area contributed by atoms with Crippen molar-refractivity contribution in [3.8, 4) is 0 Å². The maximum absolute atomic E-state index is 12.3. The molecule has 0 aromatic heterocycles. The van der Waals surface area contributed by atoms with Crippen LogP contribution in [0.15, 0.2) is 0 Å². The fourth-order valence-corrected chi connectivity index (χ4v) is 2.55. The third-order valence-corrected chi connectivity index (χ3v) is 4.00. The van der Waals surface area contributed by atoms with Gasteiger partial charge in [0.1, 0.15) is 6.04 Å². The van der Waals surface area contributed by atoms with Crippen molar-refractivity contribution in [1.29, 1.82) is 5.41 Å². The van der Waals surface area contributed by atoms with E-state index in [1.54, 1.807) is 0 Å². The topological polar surface area (TPSA) is 157 Å². The number of unbranched alkanes of at least 4 members (excludes halogenated alkanes) is 1. The molecular weight excluding hydrogens is 326 g/mol. The van der Waals surface area contributed by atoms with Crippen LogP contribution in [0, 0.1) is 23.2 Å². The van der Waals surface area contributed by atoms with E-state index in [9.17, 15) is 14.4 Å². The van der Waals surface area contributed by atoms with Gasteiger partial charge in [0.25, 0.3) is 0 Å². The third-order valence-electron chi connectivity index (χ3n) is 4.00. The minimum atomic E-state index is -0.968. The summed E-state index contributed by atoms with van der Waals surface area (Å²) >= 11 is 0. The van der Waals surface area contributed by atoms with Gasteiger partial charge in [-0.2, -0.15) is 0 Å². The summed E-state index contributed by atoms with van der Waals surface area (Å²) in [5, 5.41) is 24.1. The first-order valence-electron chi connectivity index (χ1n) is 8.61. The van der Waals surface area contributed by atoms with Crippen molar-refractivity contribution >= 4 is 23.7 Å². The average Bonchev–Trinajstić information content (AvgIpc) is 3.29. The minimum absolute atomic E-state index is 0.0801. The quantitative estimate of drug-likeness (QED) is 0.168. The number of hydrogen-bond donors (Lipinski definition) is 6. The first kappa shape index (κ1) is 20.7. The van der Waals surface area contributed by atoms with Gasteiger partial charge in [0.15, 0.2) is 5.96 Å². The smallest absolute Gasteiger partial charge is 0.307 e. The van der Waals surface area contributed by atoms with Crippen molar-refractivity contribution in [1.82, 2.24) is 16.0 Å². The van der Waals surface area contributed by atoms with Gasteiger partial charge in [0, 0.05) is 13.1 Å². The molecule has 0 spiro atoms. The van der Waals surface area contributed by atoms with Gasteiger partial charge in [-0.1, -0.05) is 13.8 Å². The Bertz CT molecular complexity index is 509. The van der Waals surface area contributed by atoms with Crippen molar-refractivity contribution in [2.45, 2.75) is 45.6 Å². The van der Waals surface area contributed by atoms with Gasteiger partial charge < -0.3 is 26.8 Å². The lowest BCUT2D eigenvalue weighted by atomic mass is 10.0. The first-order chi connectivity index (χ1) is 11.7. The van der Waals surface area contributed by atoms with Gasteiger partial charge in [-0.15, -0.1) is 0 Å². The van der Waals surface area contributed by atoms with Gasteiger partial charge in [0.05, 0.1) is 11.8 Å². The maximum atomic E-state index is 12.3. The molecule has 0 radical (unpaired) electrons. The summed E-state index contributed by atoms with van der Waals surface area (Å²) in [6, 6.07) is -0.655. The molecular formula is C16H29N5O4. The Morgan fingerprint density at radius 3 is 2.24 bits per heavy atom. The second-order valence-corrected chi connectivity index (χ2v) is 6.82. The number of nitrogens with two attached hydrogens (primary N) is 1. The molecule has 9 nitrogen and oxygen atoms in total. The highest BCUT2D eigenvalue weighted by Crippen LogP contribution is 2.38. The standard InChI is InChI=1S/C16H29N5O4/c1-9(2)7-12(21-13(22)10-8-11(10)15(24)25)14(23)19-5-3-4-6-20-16(17)18/h9-12H,3-8H2,1-2H3,(H,19,23)(H,21,22)(H,24,25)(H4,17,18,20)/t10-,11-,12-/m0/s1. The Balaban J connectivity index is 2.38. The number of rotatable bonds is 11. The number of aliphatic carboxylic acids is 1. The van der Waals surface area contributed by atoms with Gasteiger partial charge in [0.2, 0.25) is 11.8 Å². The molecule has 0 heterocycles. The molecule has 1 rings (SSSR count). The number of hydrogen-bond acceptors (Lipinski definition) is 4. The van der Waals surface area contributed by atoms with Crippen molar-refractivity contribution in [2.75, 3.05) is 13.1 Å². The summed E-state index contributed by atoms with van der Waals surface area (Å²) in [6.07, 6.45) is 2.30. The van der Waals surface area contributed by atoms with E-state index in [1.807, 2.05) is 13.8 Å². The monoisotopic (exact) mass is 355 g/mol. The number of carbonyl (C=O) groups is 3. The van der Waals surface area contributed by atoms with E-state index in [0.29, 0.717) is 25.9 Å². The summed E-state index contributed by atoms with van der Waals surface area (Å²) in [4.78, 5) is 35.3. The lowest BCUT2D eigenvalue weighted by molar-refractivity contribution is -0.140. The molecule has 0 unspecified atom stereocenters. The highest BCUT2D eigenvalue weighted by Gasteiger charge is 2.48. The molecule has 9 heteroatoms. The molecule has 142 valence electrons. The molecule has 0 aromatic rings. The number of carboxylic acid groups (broad SMARTS) is 1. The van der Waals surface area contributed by atoms with Crippen molar-refractivity contribution < 1.29 is 19.5 Å². The summed E-state index contributed by atoms with van der Waals surface area (Å²) in [5.74, 6) is -2.61. The Kier molecular flexibility index (Phi) is 8.17. The highest BCUT2D eigenvalue weighted by molar-refractivity contribution is 5.93. The van der Waals surface area contributed by atoms with Crippen LogP contribution >= 0.6 is 0 Å². The largest absolute Gasteiger partial charge is 0.481 e. The summed E-state index contributed by atoms with van der Waals surface area (Å²) in [5.41, 5.74) is 5.17. The molecule has 0 aromatic carbocycles. The van der Waals surface area contributed by atoms with E-state index < -0.39 is 23.8 Å². The number of nitrogens with one attached hydrogen (secondary N) is 4. The van der Waals surface area contributed by atoms with Gasteiger partial charge >= 0.3 is 5.97 Å². The van der Waals surface area contributed by atoms with E-state index in [0.717, 1.165) is 12.8 Å². The molecule has 25 heavy (non-hydrogen) atoms. The number of amides is 2. The van der Waals surface area contributed by atoms with E-state index in [4.69, 9.17) is 16.2 Å². The Morgan fingerprint density at radius 1 is 1.16 bits per heavy atom. The van der Waals surface area contributed by atoms with E-state index in [2.05, 4.69) is 16.0 Å². The van der Waals surface area contributed by atoms with Crippen LogP contribution in [0.25, 0.3) is 0 Å². The van der Waals surface area contributed by atoms with Crippen molar-refractivity contribution in [3.05, 3.63) is 0 Å². The van der Waals surface area contributed by atoms with Crippen LogP contribution in [0.2, 0.25) is 0 Å². The summed E-state index contributed by atoms with van der Waals surface area (Å²) < 4.78 is 0. The minimum Gasteiger partial charge on any atom is -0.481 e. The van der Waals surface area contributed by atoms with Crippen LogP contribution in [-0.2, 0) is 14.4 Å². The number of guanidine groups is 1. The van der Waals surface area contributed by atoms with Crippen LogP contribution in [0.4, 0.5) is 0 Å². The predicted octanol–water partition coefficient (Wildman–Crippen LogP) is -0.383. The van der Waals surface area contributed by atoms with Crippen molar-refractivity contribution in [3.63, 3.8) is 0 Å². The normalized spacial score (nSPS) is 19.8. The molecule has 1 aliphatic carbocycles. The lowest BCUT2D eigenvalue weighted by Gasteiger charge is -2.20. The van der Waals surface area contributed by atoms with E-state index >= 15 is 0 Å². The molecule has 3 atom stereocenters. The van der Waals surface area contributed by atoms with Crippen LogP contribution in [0.1, 0.15) is 39.5 Å². The van der Waals surface area contributed by atoms with Crippen LogP contribution < -0.4 is 21.7 Å². The van der Waals surface area contributed by atoms with Crippen LogP contribution in [-0.4, -0.2) is 48.0 Å². The van der Waals surface area contributed by atoms with Gasteiger partial charge in [-0.3, -0.25) is 19.8 Å². The summed E-state index contributed by atoms with van der Waals surface area (Å²) in [7, 11) is 0. The molecule has 0 aliphatic heterocycles. The molecule has 0 bridgehead atoms. The first-order valence-corrected chi connectivity index (χ1v) is 8.61. The third kappa shape index (κ3) is 7.86. The highest BCUT2D eigenvalue weighted by atomic mass is 16.4. The van der Waals surface area contributed by atoms with E-state index in [-0.39, 0.29) is 23.7 Å². The molecule has 0 saturated heterocycles. The van der Waals surface area contributed by atoms with Gasteiger partial charge in [-0.25, -0.2) is 0 Å². The SMILES string of the molecule is CC(C)C[C@H](NC(=O)[C@H]1C[C@@H]1C(=O)O)C(=O)NCCCCNC(=N)N. The second-order valence-electron chi connectivity index (χ2n) is 6.82. The molecule has 1 fully saturated rings. The zero-order chi connectivity index (χ0) is 19.0.